The Balaban J connectivity index is 3.08. The van der Waals surface area contributed by atoms with Gasteiger partial charge in [0.2, 0.25) is 0 Å². The molecule has 0 fully saturated rings. The zero-order valence-corrected chi connectivity index (χ0v) is 9.33. The summed E-state index contributed by atoms with van der Waals surface area (Å²) in [4.78, 5) is 11.5. The molecule has 0 saturated carbocycles. The molecule has 2 aromatic rings. The third-order valence-electron chi connectivity index (χ3n) is 2.62. The lowest BCUT2D eigenvalue weighted by molar-refractivity contribution is 0.405. The number of methoxy groups -OCH3 is 1. The summed E-state index contributed by atoms with van der Waals surface area (Å²) in [6.45, 7) is 3.50. The van der Waals surface area contributed by atoms with Crippen molar-refractivity contribution in [1.29, 1.82) is 0 Å². The number of hydrogen-bond donors (Lipinski definition) is 1. The van der Waals surface area contributed by atoms with Gasteiger partial charge in [0, 0.05) is 0 Å². The van der Waals surface area contributed by atoms with Crippen LogP contribution in [0.3, 0.4) is 0 Å². The number of phenolic OH excluding ortho intramolecular Hbond substituents is 1. The fraction of sp³-hybridized carbons (Fsp3) is 0.250. The van der Waals surface area contributed by atoms with E-state index in [1.54, 1.807) is 13.0 Å². The van der Waals surface area contributed by atoms with E-state index in [0.717, 1.165) is 5.56 Å². The highest BCUT2D eigenvalue weighted by atomic mass is 16.5. The van der Waals surface area contributed by atoms with Crippen LogP contribution in [0.15, 0.2) is 21.3 Å². The van der Waals surface area contributed by atoms with E-state index < -0.39 is 5.63 Å². The molecule has 0 bridgehead atoms. The first-order valence-electron chi connectivity index (χ1n) is 4.86. The van der Waals surface area contributed by atoms with Gasteiger partial charge in [-0.15, -0.1) is 0 Å². The Bertz CT molecular complexity index is 610. The molecule has 0 aliphatic heterocycles. The molecule has 0 saturated heterocycles. The lowest BCUT2D eigenvalue weighted by Crippen LogP contribution is -2.06. The van der Waals surface area contributed by atoms with Gasteiger partial charge in [0.15, 0.2) is 11.3 Å². The molecule has 0 aliphatic rings. The first-order chi connectivity index (χ1) is 7.56. The lowest BCUT2D eigenvalue weighted by Gasteiger charge is -2.10. The van der Waals surface area contributed by atoms with Crippen molar-refractivity contribution in [3.63, 3.8) is 0 Å². The molecular formula is C12H12O4. The summed E-state index contributed by atoms with van der Waals surface area (Å²) in [6.07, 6.45) is 0. The van der Waals surface area contributed by atoms with Crippen molar-refractivity contribution in [2.45, 2.75) is 13.8 Å². The minimum atomic E-state index is -0.495. The Morgan fingerprint density at radius 1 is 1.31 bits per heavy atom. The zero-order valence-electron chi connectivity index (χ0n) is 9.33. The number of phenols is 1. The van der Waals surface area contributed by atoms with Gasteiger partial charge < -0.3 is 14.3 Å². The molecule has 0 amide bonds. The molecule has 16 heavy (non-hydrogen) atoms. The summed E-state index contributed by atoms with van der Waals surface area (Å²) >= 11 is 0. The van der Waals surface area contributed by atoms with Gasteiger partial charge in [-0.2, -0.15) is 0 Å². The summed E-state index contributed by atoms with van der Waals surface area (Å²) in [5.74, 6) is 0.399. The van der Waals surface area contributed by atoms with E-state index in [1.165, 1.54) is 13.2 Å². The van der Waals surface area contributed by atoms with E-state index in [0.29, 0.717) is 16.7 Å². The van der Waals surface area contributed by atoms with Crippen molar-refractivity contribution in [1.82, 2.24) is 0 Å². The van der Waals surface area contributed by atoms with E-state index in [-0.39, 0.29) is 11.3 Å². The second-order valence-corrected chi connectivity index (χ2v) is 3.65. The van der Waals surface area contributed by atoms with E-state index in [9.17, 15) is 9.90 Å². The molecule has 1 heterocycles. The summed E-state index contributed by atoms with van der Waals surface area (Å²) in [6, 6.07) is 3.25. The van der Waals surface area contributed by atoms with Gasteiger partial charge in [-0.25, -0.2) is 4.79 Å². The molecule has 4 nitrogen and oxygen atoms in total. The van der Waals surface area contributed by atoms with Crippen LogP contribution in [0.2, 0.25) is 0 Å². The fourth-order valence-corrected chi connectivity index (χ4v) is 1.76. The topological polar surface area (TPSA) is 59.7 Å². The molecule has 4 heteroatoms. The number of aromatic hydroxyl groups is 1. The molecule has 0 radical (unpaired) electrons. The van der Waals surface area contributed by atoms with Crippen molar-refractivity contribution < 1.29 is 14.3 Å². The third kappa shape index (κ3) is 1.34. The zero-order chi connectivity index (χ0) is 11.9. The Hall–Kier alpha value is -1.97. The van der Waals surface area contributed by atoms with E-state index in [4.69, 9.17) is 9.15 Å². The first kappa shape index (κ1) is 10.5. The molecule has 1 aromatic heterocycles. The van der Waals surface area contributed by atoms with Crippen LogP contribution in [0.5, 0.6) is 11.5 Å². The molecular weight excluding hydrogens is 208 g/mol. The largest absolute Gasteiger partial charge is 0.504 e. The van der Waals surface area contributed by atoms with Crippen molar-refractivity contribution in [3.05, 3.63) is 33.7 Å². The summed E-state index contributed by atoms with van der Waals surface area (Å²) in [5.41, 5.74) is 0.970. The Kier molecular flexibility index (Phi) is 2.34. The standard InChI is InChI=1S/C12H12O4/c1-6-4-5-8(13)11-9(6)10(15-3)7(2)12(14)16-11/h4-5,13H,1-3H3. The molecule has 1 N–H and O–H groups in total. The molecule has 0 unspecified atom stereocenters. The van der Waals surface area contributed by atoms with Crippen LogP contribution < -0.4 is 10.4 Å². The van der Waals surface area contributed by atoms with Crippen LogP contribution in [0.25, 0.3) is 11.0 Å². The number of fused-ring (bicyclic) bond motifs is 1. The SMILES string of the molecule is COc1c(C)c(=O)oc2c(O)ccc(C)c12. The van der Waals surface area contributed by atoms with Crippen LogP contribution in [0.4, 0.5) is 0 Å². The Morgan fingerprint density at radius 3 is 2.62 bits per heavy atom. The predicted molar refractivity (Wildman–Crippen MR) is 60.2 cm³/mol. The normalized spacial score (nSPS) is 10.7. The third-order valence-corrected chi connectivity index (χ3v) is 2.62. The van der Waals surface area contributed by atoms with Crippen molar-refractivity contribution in [3.8, 4) is 11.5 Å². The highest BCUT2D eigenvalue weighted by molar-refractivity contribution is 5.91. The Labute approximate surface area is 92.1 Å². The van der Waals surface area contributed by atoms with E-state index >= 15 is 0 Å². The van der Waals surface area contributed by atoms with Crippen LogP contribution >= 0.6 is 0 Å². The first-order valence-corrected chi connectivity index (χ1v) is 4.86. The molecule has 2 rings (SSSR count). The van der Waals surface area contributed by atoms with Crippen LogP contribution in [-0.2, 0) is 0 Å². The van der Waals surface area contributed by atoms with Gasteiger partial charge in [-0.05, 0) is 25.5 Å². The molecule has 0 aliphatic carbocycles. The summed E-state index contributed by atoms with van der Waals surface area (Å²) in [5, 5.41) is 10.3. The summed E-state index contributed by atoms with van der Waals surface area (Å²) < 4.78 is 10.3. The van der Waals surface area contributed by atoms with Crippen LogP contribution in [0, 0.1) is 13.8 Å². The molecule has 0 atom stereocenters. The average Bonchev–Trinajstić information content (AvgIpc) is 2.26. The number of aryl methyl sites for hydroxylation is 1. The second-order valence-electron chi connectivity index (χ2n) is 3.65. The molecule has 1 aromatic carbocycles. The van der Waals surface area contributed by atoms with Gasteiger partial charge >= 0.3 is 5.63 Å². The van der Waals surface area contributed by atoms with Crippen molar-refractivity contribution >= 4 is 11.0 Å². The smallest absolute Gasteiger partial charge is 0.343 e. The molecule has 84 valence electrons. The van der Waals surface area contributed by atoms with E-state index in [1.807, 2.05) is 6.92 Å². The number of ether oxygens (including phenoxy) is 1. The van der Waals surface area contributed by atoms with E-state index in [2.05, 4.69) is 0 Å². The van der Waals surface area contributed by atoms with Crippen molar-refractivity contribution in [2.24, 2.45) is 0 Å². The highest BCUT2D eigenvalue weighted by Crippen LogP contribution is 2.34. The number of hydrogen-bond acceptors (Lipinski definition) is 4. The van der Waals surface area contributed by atoms with Crippen LogP contribution in [-0.4, -0.2) is 12.2 Å². The Morgan fingerprint density at radius 2 is 2.00 bits per heavy atom. The minimum absolute atomic E-state index is 0.0593. The maximum atomic E-state index is 11.5. The maximum absolute atomic E-state index is 11.5. The maximum Gasteiger partial charge on any atom is 0.343 e. The predicted octanol–water partition coefficient (Wildman–Crippen LogP) is 2.12. The van der Waals surface area contributed by atoms with Gasteiger partial charge in [0.1, 0.15) is 5.75 Å². The van der Waals surface area contributed by atoms with Gasteiger partial charge in [0.25, 0.3) is 0 Å². The second kappa shape index (κ2) is 3.56. The van der Waals surface area contributed by atoms with Crippen LogP contribution in [0.1, 0.15) is 11.1 Å². The lowest BCUT2D eigenvalue weighted by atomic mass is 10.1. The van der Waals surface area contributed by atoms with Gasteiger partial charge in [-0.1, -0.05) is 6.07 Å². The van der Waals surface area contributed by atoms with Gasteiger partial charge in [-0.3, -0.25) is 0 Å². The number of rotatable bonds is 1. The number of benzene rings is 1. The highest BCUT2D eigenvalue weighted by Gasteiger charge is 2.15. The fourth-order valence-electron chi connectivity index (χ4n) is 1.76. The summed E-state index contributed by atoms with van der Waals surface area (Å²) in [7, 11) is 1.49. The monoisotopic (exact) mass is 220 g/mol. The van der Waals surface area contributed by atoms with Crippen molar-refractivity contribution in [2.75, 3.05) is 7.11 Å². The molecule has 0 spiro atoms. The average molecular weight is 220 g/mol. The van der Waals surface area contributed by atoms with Gasteiger partial charge in [0.05, 0.1) is 18.1 Å². The minimum Gasteiger partial charge on any atom is -0.504 e. The quantitative estimate of drug-likeness (QED) is 0.748.